The van der Waals surface area contributed by atoms with Crippen molar-refractivity contribution in [1.29, 1.82) is 0 Å². The summed E-state index contributed by atoms with van der Waals surface area (Å²) in [5, 5.41) is 1.97. The fourth-order valence-corrected chi connectivity index (χ4v) is 2.70. The molecular formula is C15H12N2O2. The van der Waals surface area contributed by atoms with Crippen LogP contribution in [0.25, 0.3) is 16.8 Å². The van der Waals surface area contributed by atoms with Gasteiger partial charge in [-0.05, 0) is 28.0 Å². The molecule has 0 fully saturated rings. The lowest BCUT2D eigenvalue weighted by Crippen LogP contribution is -2.30. The van der Waals surface area contributed by atoms with Crippen LogP contribution in [0.1, 0.15) is 17.0 Å². The highest BCUT2D eigenvalue weighted by atomic mass is 16.2. The van der Waals surface area contributed by atoms with Crippen molar-refractivity contribution in [2.75, 3.05) is 0 Å². The zero-order valence-corrected chi connectivity index (χ0v) is 10.1. The Morgan fingerprint density at radius 2 is 1.68 bits per heavy atom. The zero-order valence-electron chi connectivity index (χ0n) is 10.1. The Morgan fingerprint density at radius 1 is 1.00 bits per heavy atom. The van der Waals surface area contributed by atoms with E-state index in [4.69, 9.17) is 11.5 Å². The summed E-state index contributed by atoms with van der Waals surface area (Å²) in [7, 11) is 0. The van der Waals surface area contributed by atoms with Crippen LogP contribution in [0, 0.1) is 0 Å². The molecule has 0 saturated heterocycles. The molecule has 0 aliphatic heterocycles. The maximum absolute atomic E-state index is 11.7. The van der Waals surface area contributed by atoms with E-state index in [0.717, 1.165) is 21.9 Å². The predicted octanol–water partition coefficient (Wildman–Crippen LogP) is 1.29. The van der Waals surface area contributed by atoms with Crippen LogP contribution < -0.4 is 11.5 Å². The lowest BCUT2D eigenvalue weighted by Gasteiger charge is -2.23. The Hall–Kier alpha value is -2.62. The summed E-state index contributed by atoms with van der Waals surface area (Å²) in [6, 6.07) is 11.4. The average molecular weight is 252 g/mol. The molecule has 19 heavy (non-hydrogen) atoms. The second-order valence-corrected chi connectivity index (χ2v) is 4.59. The van der Waals surface area contributed by atoms with E-state index in [0.29, 0.717) is 0 Å². The average Bonchev–Trinajstić information content (AvgIpc) is 2.38. The standard InChI is InChI=1S/C15H12N2O2/c16-14(18)11-7-9-5-1-3-8-4-2-6-10(12(8)9)13(11)15(17)19/h1-7,13H,(H2,16,18)(H2,17,19). The summed E-state index contributed by atoms with van der Waals surface area (Å²) in [6.07, 6.45) is 1.66. The largest absolute Gasteiger partial charge is 0.369 e. The summed E-state index contributed by atoms with van der Waals surface area (Å²) in [6.45, 7) is 0. The van der Waals surface area contributed by atoms with Crippen LogP contribution in [0.5, 0.6) is 0 Å². The van der Waals surface area contributed by atoms with Gasteiger partial charge in [-0.25, -0.2) is 0 Å². The fourth-order valence-electron chi connectivity index (χ4n) is 2.70. The molecule has 0 bridgehead atoms. The van der Waals surface area contributed by atoms with Crippen molar-refractivity contribution in [2.45, 2.75) is 5.92 Å². The number of nitrogens with two attached hydrogens (primary N) is 2. The number of hydrogen-bond donors (Lipinski definition) is 2. The van der Waals surface area contributed by atoms with E-state index in [1.807, 2.05) is 36.4 Å². The minimum Gasteiger partial charge on any atom is -0.369 e. The quantitative estimate of drug-likeness (QED) is 0.843. The van der Waals surface area contributed by atoms with Crippen LogP contribution in [-0.4, -0.2) is 11.8 Å². The first-order valence-electron chi connectivity index (χ1n) is 5.92. The van der Waals surface area contributed by atoms with Crippen LogP contribution in [0.4, 0.5) is 0 Å². The predicted molar refractivity (Wildman–Crippen MR) is 73.1 cm³/mol. The third-order valence-corrected chi connectivity index (χ3v) is 3.47. The van der Waals surface area contributed by atoms with Crippen LogP contribution in [0.2, 0.25) is 0 Å². The van der Waals surface area contributed by atoms with Gasteiger partial charge in [0, 0.05) is 5.57 Å². The van der Waals surface area contributed by atoms with Crippen molar-refractivity contribution < 1.29 is 9.59 Å². The molecule has 0 aromatic heterocycles. The summed E-state index contributed by atoms with van der Waals surface area (Å²) < 4.78 is 0. The molecule has 2 amide bonds. The number of rotatable bonds is 2. The Labute approximate surface area is 109 Å². The van der Waals surface area contributed by atoms with Crippen molar-refractivity contribution in [3.8, 4) is 0 Å². The van der Waals surface area contributed by atoms with E-state index in [-0.39, 0.29) is 5.57 Å². The van der Waals surface area contributed by atoms with E-state index in [2.05, 4.69) is 0 Å². The maximum atomic E-state index is 11.7. The minimum absolute atomic E-state index is 0.249. The van der Waals surface area contributed by atoms with Crippen molar-refractivity contribution in [3.63, 3.8) is 0 Å². The number of hydrogen-bond acceptors (Lipinski definition) is 2. The first-order chi connectivity index (χ1) is 9.09. The van der Waals surface area contributed by atoms with Gasteiger partial charge in [0.2, 0.25) is 11.8 Å². The molecule has 94 valence electrons. The number of amides is 2. The van der Waals surface area contributed by atoms with Crippen LogP contribution in [0.15, 0.2) is 42.0 Å². The maximum Gasteiger partial charge on any atom is 0.245 e. The highest BCUT2D eigenvalue weighted by Gasteiger charge is 2.31. The van der Waals surface area contributed by atoms with Gasteiger partial charge < -0.3 is 11.5 Å². The molecule has 1 unspecified atom stereocenters. The van der Waals surface area contributed by atoms with Gasteiger partial charge in [0.1, 0.15) is 0 Å². The molecule has 4 nitrogen and oxygen atoms in total. The second kappa shape index (κ2) is 3.95. The van der Waals surface area contributed by atoms with Gasteiger partial charge >= 0.3 is 0 Å². The van der Waals surface area contributed by atoms with Gasteiger partial charge in [0.25, 0.3) is 0 Å². The SMILES string of the molecule is NC(=O)C1=Cc2cccc3cccc(c23)C1C(N)=O. The van der Waals surface area contributed by atoms with E-state index in [1.54, 1.807) is 6.08 Å². The van der Waals surface area contributed by atoms with E-state index in [9.17, 15) is 9.59 Å². The molecule has 0 spiro atoms. The van der Waals surface area contributed by atoms with Crippen LogP contribution in [-0.2, 0) is 9.59 Å². The molecule has 0 saturated carbocycles. The Kier molecular flexibility index (Phi) is 2.38. The smallest absolute Gasteiger partial charge is 0.245 e. The molecule has 1 atom stereocenters. The molecular weight excluding hydrogens is 240 g/mol. The van der Waals surface area contributed by atoms with Gasteiger partial charge in [-0.15, -0.1) is 0 Å². The van der Waals surface area contributed by atoms with E-state index < -0.39 is 17.7 Å². The molecule has 3 rings (SSSR count). The Bertz CT molecular complexity index is 742. The highest BCUT2D eigenvalue weighted by molar-refractivity contribution is 6.11. The topological polar surface area (TPSA) is 86.2 Å². The molecule has 0 radical (unpaired) electrons. The summed E-state index contributed by atoms with van der Waals surface area (Å²) in [4.78, 5) is 23.2. The molecule has 2 aromatic carbocycles. The number of carbonyl (C=O) groups is 2. The number of carbonyl (C=O) groups excluding carboxylic acids is 2. The molecule has 4 N–H and O–H groups in total. The molecule has 2 aromatic rings. The summed E-state index contributed by atoms with van der Waals surface area (Å²) >= 11 is 0. The lowest BCUT2D eigenvalue weighted by atomic mass is 9.80. The van der Waals surface area contributed by atoms with Gasteiger partial charge in [0.05, 0.1) is 5.92 Å². The molecule has 1 aliphatic carbocycles. The lowest BCUT2D eigenvalue weighted by molar-refractivity contribution is -0.121. The second-order valence-electron chi connectivity index (χ2n) is 4.59. The van der Waals surface area contributed by atoms with Crippen molar-refractivity contribution in [3.05, 3.63) is 53.1 Å². The monoisotopic (exact) mass is 252 g/mol. The van der Waals surface area contributed by atoms with Gasteiger partial charge in [-0.3, -0.25) is 9.59 Å². The van der Waals surface area contributed by atoms with Crippen molar-refractivity contribution >= 4 is 28.7 Å². The number of primary amides is 2. The van der Waals surface area contributed by atoms with Crippen LogP contribution in [0.3, 0.4) is 0 Å². The third kappa shape index (κ3) is 1.61. The first kappa shape index (κ1) is 11.5. The third-order valence-electron chi connectivity index (χ3n) is 3.47. The minimum atomic E-state index is -0.768. The Morgan fingerprint density at radius 3 is 2.32 bits per heavy atom. The number of benzene rings is 2. The van der Waals surface area contributed by atoms with E-state index in [1.165, 1.54) is 0 Å². The summed E-state index contributed by atoms with van der Waals surface area (Å²) in [5.41, 5.74) is 12.7. The van der Waals surface area contributed by atoms with Crippen LogP contribution >= 0.6 is 0 Å². The van der Waals surface area contributed by atoms with Crippen molar-refractivity contribution in [1.82, 2.24) is 0 Å². The Balaban J connectivity index is 2.41. The fraction of sp³-hybridized carbons (Fsp3) is 0.0667. The van der Waals surface area contributed by atoms with E-state index >= 15 is 0 Å². The molecule has 4 heteroatoms. The van der Waals surface area contributed by atoms with Gasteiger partial charge in [-0.2, -0.15) is 0 Å². The molecule has 0 heterocycles. The summed E-state index contributed by atoms with van der Waals surface area (Å²) in [5.74, 6) is -1.95. The van der Waals surface area contributed by atoms with Crippen molar-refractivity contribution in [2.24, 2.45) is 11.5 Å². The zero-order chi connectivity index (χ0) is 13.6. The first-order valence-corrected chi connectivity index (χ1v) is 5.92. The normalized spacial score (nSPS) is 17.1. The van der Waals surface area contributed by atoms with Gasteiger partial charge in [-0.1, -0.05) is 36.4 Å². The molecule has 1 aliphatic rings. The highest BCUT2D eigenvalue weighted by Crippen LogP contribution is 2.38. The van der Waals surface area contributed by atoms with Gasteiger partial charge in [0.15, 0.2) is 0 Å².